The van der Waals surface area contributed by atoms with Gasteiger partial charge in [0.05, 0.1) is 17.8 Å². The Bertz CT molecular complexity index is 816. The molecule has 0 spiro atoms. The van der Waals surface area contributed by atoms with Gasteiger partial charge in [-0.15, -0.1) is 0 Å². The van der Waals surface area contributed by atoms with E-state index in [1.807, 2.05) is 24.3 Å². The quantitative estimate of drug-likeness (QED) is 0.843. The lowest BCUT2D eigenvalue weighted by Crippen LogP contribution is -2.30. The molecule has 0 unspecified atom stereocenters. The highest BCUT2D eigenvalue weighted by Gasteiger charge is 2.18. The summed E-state index contributed by atoms with van der Waals surface area (Å²) in [7, 11) is 0. The third kappa shape index (κ3) is 4.35. The van der Waals surface area contributed by atoms with Gasteiger partial charge in [0.1, 0.15) is 0 Å². The molecular formula is C20H22ClN3O2. The second-order valence-corrected chi connectivity index (χ2v) is 6.87. The molecule has 136 valence electrons. The molecule has 3 rings (SSSR count). The summed E-state index contributed by atoms with van der Waals surface area (Å²) in [6.07, 6.45) is 3.61. The molecule has 0 bridgehead atoms. The zero-order valence-electron chi connectivity index (χ0n) is 14.5. The largest absolute Gasteiger partial charge is 0.370 e. The molecule has 1 aliphatic rings. The molecule has 6 heteroatoms. The van der Waals surface area contributed by atoms with Crippen molar-refractivity contribution in [2.75, 3.05) is 23.3 Å². The summed E-state index contributed by atoms with van der Waals surface area (Å²) < 4.78 is 0. The van der Waals surface area contributed by atoms with Crippen LogP contribution in [0.4, 0.5) is 11.4 Å². The molecule has 2 amide bonds. The molecule has 0 aliphatic carbocycles. The summed E-state index contributed by atoms with van der Waals surface area (Å²) in [5.74, 6) is -0.699. The Morgan fingerprint density at radius 3 is 2.50 bits per heavy atom. The van der Waals surface area contributed by atoms with Gasteiger partial charge in [0, 0.05) is 23.7 Å². The van der Waals surface area contributed by atoms with Crippen molar-refractivity contribution in [2.24, 2.45) is 5.73 Å². The van der Waals surface area contributed by atoms with E-state index in [0.717, 1.165) is 37.2 Å². The van der Waals surface area contributed by atoms with Gasteiger partial charge in [0.25, 0.3) is 0 Å². The molecule has 0 radical (unpaired) electrons. The summed E-state index contributed by atoms with van der Waals surface area (Å²) in [4.78, 5) is 26.3. The van der Waals surface area contributed by atoms with Gasteiger partial charge < -0.3 is 16.0 Å². The average Bonchev–Trinajstić information content (AvgIpc) is 2.64. The minimum atomic E-state index is -0.517. The molecule has 3 N–H and O–H groups in total. The first-order valence-electron chi connectivity index (χ1n) is 8.76. The molecule has 2 aromatic rings. The monoisotopic (exact) mass is 371 g/mol. The summed E-state index contributed by atoms with van der Waals surface area (Å²) >= 11 is 6.14. The number of piperidine rings is 1. The van der Waals surface area contributed by atoms with E-state index >= 15 is 0 Å². The number of nitrogens with one attached hydrogen (secondary N) is 1. The molecule has 0 aromatic heterocycles. The van der Waals surface area contributed by atoms with Crippen LogP contribution in [0, 0.1) is 0 Å². The minimum Gasteiger partial charge on any atom is -0.370 e. The zero-order chi connectivity index (χ0) is 18.5. The van der Waals surface area contributed by atoms with Gasteiger partial charge in [-0.3, -0.25) is 9.59 Å². The Hall–Kier alpha value is -2.53. The molecule has 0 atom stereocenters. The van der Waals surface area contributed by atoms with Crippen molar-refractivity contribution in [1.29, 1.82) is 0 Å². The van der Waals surface area contributed by atoms with Crippen molar-refractivity contribution in [3.8, 4) is 0 Å². The maximum Gasteiger partial charge on any atom is 0.248 e. The van der Waals surface area contributed by atoms with Crippen LogP contribution in [-0.2, 0) is 11.2 Å². The average molecular weight is 372 g/mol. The van der Waals surface area contributed by atoms with Crippen LogP contribution in [-0.4, -0.2) is 24.9 Å². The highest BCUT2D eigenvalue weighted by Crippen LogP contribution is 2.30. The molecule has 1 heterocycles. The summed E-state index contributed by atoms with van der Waals surface area (Å²) in [5.41, 5.74) is 8.07. The normalized spacial score (nSPS) is 14.1. The first-order valence-corrected chi connectivity index (χ1v) is 9.14. The highest BCUT2D eigenvalue weighted by atomic mass is 35.5. The van der Waals surface area contributed by atoms with Crippen LogP contribution in [0.5, 0.6) is 0 Å². The number of carbonyl (C=O) groups is 2. The van der Waals surface area contributed by atoms with Crippen LogP contribution >= 0.6 is 11.6 Å². The highest BCUT2D eigenvalue weighted by molar-refractivity contribution is 6.31. The van der Waals surface area contributed by atoms with E-state index in [0.29, 0.717) is 16.3 Å². The maximum absolute atomic E-state index is 12.5. The lowest BCUT2D eigenvalue weighted by atomic mass is 10.1. The predicted molar refractivity (Wildman–Crippen MR) is 105 cm³/mol. The van der Waals surface area contributed by atoms with E-state index in [9.17, 15) is 9.59 Å². The molecule has 2 aromatic carbocycles. The summed E-state index contributed by atoms with van der Waals surface area (Å²) in [5, 5.41) is 3.49. The van der Waals surface area contributed by atoms with Gasteiger partial charge in [-0.05, 0) is 49.1 Å². The first kappa shape index (κ1) is 18.3. The topological polar surface area (TPSA) is 75.4 Å². The van der Waals surface area contributed by atoms with Crippen molar-refractivity contribution >= 4 is 34.8 Å². The number of rotatable bonds is 5. The van der Waals surface area contributed by atoms with Crippen LogP contribution in [0.3, 0.4) is 0 Å². The van der Waals surface area contributed by atoms with Gasteiger partial charge in [-0.2, -0.15) is 0 Å². The summed E-state index contributed by atoms with van der Waals surface area (Å²) in [6, 6.07) is 12.5. The van der Waals surface area contributed by atoms with Gasteiger partial charge in [0.15, 0.2) is 0 Å². The number of benzene rings is 2. The molecule has 1 saturated heterocycles. The molecule has 5 nitrogen and oxygen atoms in total. The molecule has 26 heavy (non-hydrogen) atoms. The Morgan fingerprint density at radius 1 is 1.08 bits per heavy atom. The van der Waals surface area contributed by atoms with Gasteiger partial charge >= 0.3 is 0 Å². The van der Waals surface area contributed by atoms with Gasteiger partial charge in [0.2, 0.25) is 11.8 Å². The van der Waals surface area contributed by atoms with Crippen LogP contribution in [0.1, 0.15) is 35.2 Å². The second kappa shape index (κ2) is 8.23. The number of carbonyl (C=O) groups excluding carboxylic acids is 2. The number of halogens is 1. The number of anilines is 2. The Kier molecular flexibility index (Phi) is 5.78. The van der Waals surface area contributed by atoms with E-state index in [1.54, 1.807) is 18.2 Å². The third-order valence-corrected chi connectivity index (χ3v) is 4.93. The van der Waals surface area contributed by atoms with Crippen molar-refractivity contribution in [1.82, 2.24) is 0 Å². The number of hydrogen-bond donors (Lipinski definition) is 2. The molecular weight excluding hydrogens is 350 g/mol. The number of nitrogens with two attached hydrogens (primary N) is 1. The number of hydrogen-bond acceptors (Lipinski definition) is 3. The number of nitrogens with zero attached hydrogens (tertiary/aromatic N) is 1. The number of amides is 2. The van der Waals surface area contributed by atoms with E-state index in [4.69, 9.17) is 17.3 Å². The number of primary amides is 1. The lowest BCUT2D eigenvalue weighted by molar-refractivity contribution is -0.115. The summed E-state index contributed by atoms with van der Waals surface area (Å²) in [6.45, 7) is 1.87. The third-order valence-electron chi connectivity index (χ3n) is 4.56. The fourth-order valence-electron chi connectivity index (χ4n) is 3.21. The van der Waals surface area contributed by atoms with Gasteiger partial charge in [-0.1, -0.05) is 29.8 Å². The van der Waals surface area contributed by atoms with Crippen LogP contribution < -0.4 is 16.0 Å². The minimum absolute atomic E-state index is 0.167. The Labute approximate surface area is 158 Å². The fourth-order valence-corrected chi connectivity index (χ4v) is 3.41. The molecule has 1 aliphatic heterocycles. The predicted octanol–water partition coefficient (Wildman–Crippen LogP) is 3.61. The second-order valence-electron chi connectivity index (χ2n) is 6.46. The zero-order valence-corrected chi connectivity index (χ0v) is 15.3. The van der Waals surface area contributed by atoms with Crippen LogP contribution in [0.15, 0.2) is 42.5 Å². The standard InChI is InChI=1S/C20H22ClN3O2/c21-16-7-3-2-6-14(16)13-19(25)23-17-12-15(20(22)26)8-9-18(17)24-10-4-1-5-11-24/h2-3,6-9,12H,1,4-5,10-11,13H2,(H2,22,26)(H,23,25). The Morgan fingerprint density at radius 2 is 1.81 bits per heavy atom. The van der Waals surface area contributed by atoms with Crippen molar-refractivity contribution < 1.29 is 9.59 Å². The van der Waals surface area contributed by atoms with E-state index in [1.165, 1.54) is 6.42 Å². The van der Waals surface area contributed by atoms with E-state index < -0.39 is 5.91 Å². The van der Waals surface area contributed by atoms with Crippen LogP contribution in [0.2, 0.25) is 5.02 Å². The maximum atomic E-state index is 12.5. The molecule has 0 saturated carbocycles. The van der Waals surface area contributed by atoms with Crippen molar-refractivity contribution in [2.45, 2.75) is 25.7 Å². The van der Waals surface area contributed by atoms with Gasteiger partial charge in [-0.25, -0.2) is 0 Å². The SMILES string of the molecule is NC(=O)c1ccc(N2CCCCC2)c(NC(=O)Cc2ccccc2Cl)c1. The smallest absolute Gasteiger partial charge is 0.248 e. The van der Waals surface area contributed by atoms with E-state index in [-0.39, 0.29) is 12.3 Å². The van der Waals surface area contributed by atoms with Crippen molar-refractivity contribution in [3.63, 3.8) is 0 Å². The fraction of sp³-hybridized carbons (Fsp3) is 0.300. The van der Waals surface area contributed by atoms with Crippen LogP contribution in [0.25, 0.3) is 0 Å². The lowest BCUT2D eigenvalue weighted by Gasteiger charge is -2.30. The first-order chi connectivity index (χ1) is 12.5. The molecule has 1 fully saturated rings. The van der Waals surface area contributed by atoms with E-state index in [2.05, 4.69) is 10.2 Å². The Balaban J connectivity index is 1.84. The van der Waals surface area contributed by atoms with Crippen molar-refractivity contribution in [3.05, 3.63) is 58.6 Å².